The van der Waals surface area contributed by atoms with Gasteiger partial charge in [-0.05, 0) is 0 Å². The van der Waals surface area contributed by atoms with Crippen LogP contribution >= 0.6 is 31.9 Å². The van der Waals surface area contributed by atoms with Gasteiger partial charge in [0.2, 0.25) is 5.82 Å². The van der Waals surface area contributed by atoms with Gasteiger partial charge >= 0.3 is 0 Å². The number of carbonyl (C=O) groups is 3. The smallest absolute Gasteiger partial charge is 0.273 e. The van der Waals surface area contributed by atoms with Crippen LogP contribution in [0.4, 0.5) is 0 Å². The molecule has 0 saturated carbocycles. The summed E-state index contributed by atoms with van der Waals surface area (Å²) in [5, 5.41) is 0.690. The van der Waals surface area contributed by atoms with Gasteiger partial charge in [0.15, 0.2) is 6.29 Å². The van der Waals surface area contributed by atoms with Crippen LogP contribution in [0.15, 0.2) is 6.33 Å². The Morgan fingerprint density at radius 2 is 2.12 bits per heavy atom. The zero-order chi connectivity index (χ0) is 12.8. The maximum atomic E-state index is 11.3. The van der Waals surface area contributed by atoms with E-state index in [-0.39, 0.29) is 16.9 Å². The summed E-state index contributed by atoms with van der Waals surface area (Å²) in [6, 6.07) is 0. The molecule has 0 aromatic carbocycles. The Balaban J connectivity index is 2.89. The number of alkyl halides is 2. The first-order valence-corrected chi connectivity index (χ1v) is 6.54. The minimum atomic E-state index is -1.17. The minimum Gasteiger partial charge on any atom is -0.294 e. The number of rotatable bonds is 6. The molecule has 0 amide bonds. The summed E-state index contributed by atoms with van der Waals surface area (Å²) < 4.78 is 0. The van der Waals surface area contributed by atoms with Crippen molar-refractivity contribution in [2.75, 3.05) is 5.33 Å². The third-order valence-electron chi connectivity index (χ3n) is 1.73. The molecule has 1 rings (SSSR count). The second-order valence-electron chi connectivity index (χ2n) is 2.99. The zero-order valence-corrected chi connectivity index (χ0v) is 11.6. The second kappa shape index (κ2) is 6.65. The molecular weight excluding hydrogens is 358 g/mol. The molecule has 1 aromatic rings. The standard InChI is InChI=1S/C9H7Br2N3O3/c10-2-5(11)1-7-12-4-13-9(14-7)8(17)6(16)3-15/h3-5H,1-2H2. The van der Waals surface area contributed by atoms with E-state index in [2.05, 4.69) is 46.8 Å². The average Bonchev–Trinajstić information content (AvgIpc) is 2.37. The summed E-state index contributed by atoms with van der Waals surface area (Å²) in [5.41, 5.74) is 0. The van der Waals surface area contributed by atoms with Gasteiger partial charge in [0.25, 0.3) is 11.6 Å². The molecule has 0 aliphatic heterocycles. The molecule has 1 unspecified atom stereocenters. The summed E-state index contributed by atoms with van der Waals surface area (Å²) in [6.45, 7) is 0. The fourth-order valence-electron chi connectivity index (χ4n) is 0.954. The highest BCUT2D eigenvalue weighted by molar-refractivity contribution is 9.12. The van der Waals surface area contributed by atoms with E-state index in [9.17, 15) is 14.4 Å². The third-order valence-corrected chi connectivity index (χ3v) is 4.03. The number of nitrogens with zero attached hydrogens (tertiary/aromatic N) is 3. The van der Waals surface area contributed by atoms with Crippen molar-refractivity contribution in [2.24, 2.45) is 0 Å². The number of ketones is 2. The number of carbonyl (C=O) groups excluding carboxylic acids is 3. The van der Waals surface area contributed by atoms with Gasteiger partial charge in [0.1, 0.15) is 12.2 Å². The Labute approximate surface area is 113 Å². The van der Waals surface area contributed by atoms with Crippen molar-refractivity contribution < 1.29 is 14.4 Å². The lowest BCUT2D eigenvalue weighted by Crippen LogP contribution is -2.20. The normalized spacial score (nSPS) is 11.9. The van der Waals surface area contributed by atoms with Gasteiger partial charge in [-0.3, -0.25) is 14.4 Å². The molecule has 0 fully saturated rings. The number of hydrogen-bond donors (Lipinski definition) is 0. The van der Waals surface area contributed by atoms with E-state index in [4.69, 9.17) is 0 Å². The number of aromatic nitrogens is 3. The van der Waals surface area contributed by atoms with E-state index in [1.54, 1.807) is 0 Å². The Morgan fingerprint density at radius 3 is 2.71 bits per heavy atom. The first-order valence-electron chi connectivity index (χ1n) is 4.50. The quantitative estimate of drug-likeness (QED) is 0.240. The van der Waals surface area contributed by atoms with E-state index in [0.717, 1.165) is 6.33 Å². The van der Waals surface area contributed by atoms with Gasteiger partial charge < -0.3 is 0 Å². The van der Waals surface area contributed by atoms with Crippen LogP contribution in [0.2, 0.25) is 0 Å². The molecule has 17 heavy (non-hydrogen) atoms. The van der Waals surface area contributed by atoms with Gasteiger partial charge in [0, 0.05) is 16.6 Å². The maximum Gasteiger partial charge on any atom is 0.273 e. The van der Waals surface area contributed by atoms with Crippen LogP contribution in [0.3, 0.4) is 0 Å². The van der Waals surface area contributed by atoms with Gasteiger partial charge in [-0.25, -0.2) is 15.0 Å². The Bertz CT molecular complexity index is 453. The van der Waals surface area contributed by atoms with E-state index < -0.39 is 11.6 Å². The first kappa shape index (κ1) is 14.0. The molecule has 1 atom stereocenters. The molecule has 0 aliphatic carbocycles. The summed E-state index contributed by atoms with van der Waals surface area (Å²) in [4.78, 5) is 43.7. The van der Waals surface area contributed by atoms with E-state index in [1.807, 2.05) is 0 Å². The Morgan fingerprint density at radius 1 is 1.41 bits per heavy atom. The number of Topliss-reactive ketones (excluding diaryl/α,β-unsaturated/α-hetero) is 2. The molecule has 0 bridgehead atoms. The highest BCUT2D eigenvalue weighted by Gasteiger charge is 2.19. The lowest BCUT2D eigenvalue weighted by atomic mass is 10.2. The molecule has 1 aromatic heterocycles. The summed E-state index contributed by atoms with van der Waals surface area (Å²) in [7, 11) is 0. The number of hydrogen-bond acceptors (Lipinski definition) is 6. The molecule has 0 aliphatic rings. The minimum absolute atomic E-state index is 0.0580. The van der Waals surface area contributed by atoms with Crippen molar-refractivity contribution in [3.8, 4) is 0 Å². The molecule has 0 radical (unpaired) electrons. The molecule has 6 nitrogen and oxygen atoms in total. The predicted molar refractivity (Wildman–Crippen MR) is 65.4 cm³/mol. The maximum absolute atomic E-state index is 11.3. The fourth-order valence-corrected chi connectivity index (χ4v) is 1.47. The lowest BCUT2D eigenvalue weighted by molar-refractivity contribution is -0.126. The highest BCUT2D eigenvalue weighted by atomic mass is 79.9. The molecule has 8 heteroatoms. The van der Waals surface area contributed by atoms with Crippen molar-refractivity contribution in [3.63, 3.8) is 0 Å². The van der Waals surface area contributed by atoms with Gasteiger partial charge in [0.05, 0.1) is 0 Å². The van der Waals surface area contributed by atoms with Crippen LogP contribution in [-0.4, -0.2) is 43.0 Å². The van der Waals surface area contributed by atoms with E-state index >= 15 is 0 Å². The highest BCUT2D eigenvalue weighted by Crippen LogP contribution is 2.08. The van der Waals surface area contributed by atoms with Gasteiger partial charge in [-0.1, -0.05) is 31.9 Å². The summed E-state index contributed by atoms with van der Waals surface area (Å²) in [6.07, 6.45) is 1.56. The molecule has 1 heterocycles. The van der Waals surface area contributed by atoms with Crippen molar-refractivity contribution in [1.82, 2.24) is 15.0 Å². The SMILES string of the molecule is O=CC(=O)C(=O)c1ncnc(CC(Br)CBr)n1. The Hall–Kier alpha value is -1.02. The number of aldehydes is 1. The predicted octanol–water partition coefficient (Wildman–Crippen LogP) is 0.523. The number of halogens is 2. The third kappa shape index (κ3) is 4.04. The van der Waals surface area contributed by atoms with Crippen LogP contribution in [0.5, 0.6) is 0 Å². The van der Waals surface area contributed by atoms with Gasteiger partial charge in [-0.2, -0.15) is 0 Å². The van der Waals surface area contributed by atoms with E-state index in [1.165, 1.54) is 0 Å². The monoisotopic (exact) mass is 363 g/mol. The zero-order valence-electron chi connectivity index (χ0n) is 8.47. The van der Waals surface area contributed by atoms with Crippen LogP contribution < -0.4 is 0 Å². The fraction of sp³-hybridized carbons (Fsp3) is 0.333. The lowest BCUT2D eigenvalue weighted by Gasteiger charge is -2.04. The molecule has 90 valence electrons. The van der Waals surface area contributed by atoms with Crippen molar-refractivity contribution in [1.29, 1.82) is 0 Å². The molecular formula is C9H7Br2N3O3. The molecule has 0 saturated heterocycles. The largest absolute Gasteiger partial charge is 0.294 e. The molecule has 0 N–H and O–H groups in total. The Kier molecular flexibility index (Phi) is 5.49. The van der Waals surface area contributed by atoms with Crippen molar-refractivity contribution in [2.45, 2.75) is 11.2 Å². The summed E-state index contributed by atoms with van der Waals surface area (Å²) in [5.74, 6) is -2.11. The average molecular weight is 365 g/mol. The van der Waals surface area contributed by atoms with Crippen LogP contribution in [0.1, 0.15) is 16.4 Å². The van der Waals surface area contributed by atoms with Crippen LogP contribution in [0, 0.1) is 0 Å². The first-order chi connectivity index (χ1) is 8.08. The van der Waals surface area contributed by atoms with Gasteiger partial charge in [-0.15, -0.1) is 0 Å². The van der Waals surface area contributed by atoms with Crippen molar-refractivity contribution >= 4 is 49.7 Å². The second-order valence-corrected chi connectivity index (χ2v) is 4.93. The van der Waals surface area contributed by atoms with Crippen LogP contribution in [-0.2, 0) is 16.0 Å². The van der Waals surface area contributed by atoms with Crippen molar-refractivity contribution in [3.05, 3.63) is 18.0 Å². The summed E-state index contributed by atoms with van der Waals surface area (Å²) >= 11 is 6.63. The topological polar surface area (TPSA) is 89.9 Å². The molecule has 0 spiro atoms. The van der Waals surface area contributed by atoms with Crippen LogP contribution in [0.25, 0.3) is 0 Å². The van der Waals surface area contributed by atoms with E-state index in [0.29, 0.717) is 17.6 Å².